The smallest absolute Gasteiger partial charge is 0.126 e. The molecule has 1 rings (SSSR count). The molecule has 0 aliphatic carbocycles. The number of nitrogens with one attached hydrogen (secondary N) is 1. The quantitative estimate of drug-likeness (QED) is 0.835. The number of anilines is 1. The van der Waals surface area contributed by atoms with E-state index in [0.29, 0.717) is 17.3 Å². The van der Waals surface area contributed by atoms with Gasteiger partial charge in [0.25, 0.3) is 0 Å². The van der Waals surface area contributed by atoms with Gasteiger partial charge in [-0.05, 0) is 31.5 Å². The molecule has 3 N–H and O–H groups in total. The van der Waals surface area contributed by atoms with E-state index in [4.69, 9.17) is 17.3 Å². The predicted molar refractivity (Wildman–Crippen MR) is 62.8 cm³/mol. The van der Waals surface area contributed by atoms with Crippen molar-refractivity contribution in [1.82, 2.24) is 0 Å². The maximum atomic E-state index is 13.1. The van der Waals surface area contributed by atoms with Crippen LogP contribution in [0.25, 0.3) is 0 Å². The zero-order chi connectivity index (χ0) is 11.5. The Morgan fingerprint density at radius 1 is 1.47 bits per heavy atom. The first-order valence-corrected chi connectivity index (χ1v) is 5.31. The molecule has 4 heteroatoms. The lowest BCUT2D eigenvalue weighted by Crippen LogP contribution is -2.41. The van der Waals surface area contributed by atoms with Gasteiger partial charge < -0.3 is 11.1 Å². The highest BCUT2D eigenvalue weighted by atomic mass is 35.5. The monoisotopic (exact) mass is 230 g/mol. The third-order valence-electron chi connectivity index (χ3n) is 2.54. The minimum atomic E-state index is -0.347. The summed E-state index contributed by atoms with van der Waals surface area (Å²) in [5.41, 5.74) is 6.09. The molecule has 0 saturated carbocycles. The summed E-state index contributed by atoms with van der Waals surface area (Å²) in [6, 6.07) is 4.38. The van der Waals surface area contributed by atoms with E-state index in [1.807, 2.05) is 13.8 Å². The SMILES string of the molecule is CCC(C)(CN)Nc1cc(F)cc(Cl)c1. The molecule has 1 atom stereocenters. The van der Waals surface area contributed by atoms with Crippen LogP contribution in [0.2, 0.25) is 5.02 Å². The molecule has 1 unspecified atom stereocenters. The van der Waals surface area contributed by atoms with Crippen LogP contribution in [0.3, 0.4) is 0 Å². The van der Waals surface area contributed by atoms with Gasteiger partial charge in [-0.1, -0.05) is 18.5 Å². The number of halogens is 2. The largest absolute Gasteiger partial charge is 0.378 e. The van der Waals surface area contributed by atoms with Crippen LogP contribution < -0.4 is 11.1 Å². The molecule has 0 amide bonds. The number of hydrogen-bond donors (Lipinski definition) is 2. The lowest BCUT2D eigenvalue weighted by atomic mass is 9.99. The summed E-state index contributed by atoms with van der Waals surface area (Å²) in [7, 11) is 0. The van der Waals surface area contributed by atoms with Crippen LogP contribution in [-0.2, 0) is 0 Å². The highest BCUT2D eigenvalue weighted by Gasteiger charge is 2.19. The molecule has 0 spiro atoms. The lowest BCUT2D eigenvalue weighted by Gasteiger charge is -2.29. The second-order valence-corrected chi connectivity index (χ2v) is 4.34. The highest BCUT2D eigenvalue weighted by Crippen LogP contribution is 2.22. The van der Waals surface area contributed by atoms with Gasteiger partial charge in [0.05, 0.1) is 0 Å². The molecule has 0 fully saturated rings. The average molecular weight is 231 g/mol. The van der Waals surface area contributed by atoms with Crippen molar-refractivity contribution in [3.8, 4) is 0 Å². The van der Waals surface area contributed by atoms with Crippen LogP contribution in [-0.4, -0.2) is 12.1 Å². The molecule has 15 heavy (non-hydrogen) atoms. The average Bonchev–Trinajstić information content (AvgIpc) is 2.16. The van der Waals surface area contributed by atoms with Crippen LogP contribution in [0, 0.1) is 5.82 Å². The maximum Gasteiger partial charge on any atom is 0.126 e. The third kappa shape index (κ3) is 3.36. The van der Waals surface area contributed by atoms with Crippen LogP contribution in [0.4, 0.5) is 10.1 Å². The van der Waals surface area contributed by atoms with Crippen molar-refractivity contribution in [2.75, 3.05) is 11.9 Å². The van der Waals surface area contributed by atoms with E-state index in [2.05, 4.69) is 5.32 Å². The summed E-state index contributed by atoms with van der Waals surface area (Å²) in [6.45, 7) is 4.50. The van der Waals surface area contributed by atoms with Gasteiger partial charge in [0, 0.05) is 22.8 Å². The topological polar surface area (TPSA) is 38.0 Å². The van der Waals surface area contributed by atoms with Gasteiger partial charge in [0.15, 0.2) is 0 Å². The van der Waals surface area contributed by atoms with E-state index in [1.54, 1.807) is 6.07 Å². The normalized spacial score (nSPS) is 14.7. The Morgan fingerprint density at radius 3 is 2.60 bits per heavy atom. The molecule has 1 aromatic carbocycles. The van der Waals surface area contributed by atoms with Crippen molar-refractivity contribution in [1.29, 1.82) is 0 Å². The minimum Gasteiger partial charge on any atom is -0.378 e. The fraction of sp³-hybridized carbons (Fsp3) is 0.455. The number of rotatable bonds is 4. The van der Waals surface area contributed by atoms with Crippen LogP contribution in [0.1, 0.15) is 20.3 Å². The van der Waals surface area contributed by atoms with Crippen LogP contribution >= 0.6 is 11.6 Å². The molecular formula is C11H16ClFN2. The number of benzene rings is 1. The summed E-state index contributed by atoms with van der Waals surface area (Å²) < 4.78 is 13.1. The van der Waals surface area contributed by atoms with Gasteiger partial charge in [-0.2, -0.15) is 0 Å². The van der Waals surface area contributed by atoms with Crippen molar-refractivity contribution in [3.63, 3.8) is 0 Å². The first-order chi connectivity index (χ1) is 6.99. The molecule has 0 bridgehead atoms. The van der Waals surface area contributed by atoms with E-state index < -0.39 is 0 Å². The Hall–Kier alpha value is -0.800. The highest BCUT2D eigenvalue weighted by molar-refractivity contribution is 6.30. The minimum absolute atomic E-state index is 0.225. The van der Waals surface area contributed by atoms with Gasteiger partial charge >= 0.3 is 0 Å². The van der Waals surface area contributed by atoms with Crippen molar-refractivity contribution >= 4 is 17.3 Å². The number of nitrogens with two attached hydrogens (primary N) is 1. The Labute approximate surface area is 94.6 Å². The summed E-state index contributed by atoms with van der Waals surface area (Å²) >= 11 is 5.75. The van der Waals surface area contributed by atoms with Gasteiger partial charge in [0.1, 0.15) is 5.82 Å². The summed E-state index contributed by atoms with van der Waals surface area (Å²) in [5, 5.41) is 3.57. The molecule has 2 nitrogen and oxygen atoms in total. The van der Waals surface area contributed by atoms with Gasteiger partial charge in [-0.15, -0.1) is 0 Å². The van der Waals surface area contributed by atoms with E-state index in [-0.39, 0.29) is 11.4 Å². The summed E-state index contributed by atoms with van der Waals surface area (Å²) in [4.78, 5) is 0. The van der Waals surface area contributed by atoms with E-state index >= 15 is 0 Å². The Kier molecular flexibility index (Phi) is 3.94. The van der Waals surface area contributed by atoms with Gasteiger partial charge in [0.2, 0.25) is 0 Å². The molecule has 0 saturated heterocycles. The maximum absolute atomic E-state index is 13.1. The molecule has 0 aliphatic heterocycles. The Bertz CT molecular complexity index is 317. The second-order valence-electron chi connectivity index (χ2n) is 3.90. The van der Waals surface area contributed by atoms with E-state index in [1.165, 1.54) is 12.1 Å². The standard InChI is InChI=1S/C11H16ClFN2/c1-3-11(2,7-14)15-10-5-8(12)4-9(13)6-10/h4-6,15H,3,7,14H2,1-2H3. The molecule has 0 heterocycles. The fourth-order valence-corrected chi connectivity index (χ4v) is 1.48. The summed E-state index contributed by atoms with van der Waals surface area (Å²) in [6.07, 6.45) is 0.859. The van der Waals surface area contributed by atoms with E-state index in [0.717, 1.165) is 6.42 Å². The predicted octanol–water partition coefficient (Wildman–Crippen LogP) is 3.02. The zero-order valence-corrected chi connectivity index (χ0v) is 9.74. The molecule has 0 aliphatic rings. The number of hydrogen-bond acceptors (Lipinski definition) is 2. The molecule has 0 aromatic heterocycles. The fourth-order valence-electron chi connectivity index (χ4n) is 1.26. The van der Waals surface area contributed by atoms with Crippen molar-refractivity contribution in [2.45, 2.75) is 25.8 Å². The van der Waals surface area contributed by atoms with Crippen LogP contribution in [0.15, 0.2) is 18.2 Å². The third-order valence-corrected chi connectivity index (χ3v) is 2.76. The van der Waals surface area contributed by atoms with Crippen molar-refractivity contribution < 1.29 is 4.39 Å². The molecule has 0 radical (unpaired) electrons. The molecule has 1 aromatic rings. The van der Waals surface area contributed by atoms with E-state index in [9.17, 15) is 4.39 Å². The molecule has 84 valence electrons. The van der Waals surface area contributed by atoms with Crippen molar-refractivity contribution in [3.05, 3.63) is 29.0 Å². The Morgan fingerprint density at radius 2 is 2.13 bits per heavy atom. The second kappa shape index (κ2) is 4.81. The van der Waals surface area contributed by atoms with Gasteiger partial charge in [-0.3, -0.25) is 0 Å². The van der Waals surface area contributed by atoms with Crippen LogP contribution in [0.5, 0.6) is 0 Å². The zero-order valence-electron chi connectivity index (χ0n) is 8.98. The summed E-state index contributed by atoms with van der Waals surface area (Å²) in [5.74, 6) is -0.347. The van der Waals surface area contributed by atoms with Gasteiger partial charge in [-0.25, -0.2) is 4.39 Å². The van der Waals surface area contributed by atoms with Crippen molar-refractivity contribution in [2.24, 2.45) is 5.73 Å². The lowest BCUT2D eigenvalue weighted by molar-refractivity contribution is 0.506. The first-order valence-electron chi connectivity index (χ1n) is 4.93. The first kappa shape index (κ1) is 12.3. The Balaban J connectivity index is 2.88. The molecular weight excluding hydrogens is 215 g/mol.